The molecule has 124 valence electrons. The Morgan fingerprint density at radius 1 is 1.04 bits per heavy atom. The average Bonchev–Trinajstić information content (AvgIpc) is 3.21. The quantitative estimate of drug-likeness (QED) is 0.670. The molecule has 1 aromatic rings. The molecule has 3 aliphatic rings. The van der Waals surface area contributed by atoms with Crippen molar-refractivity contribution in [1.82, 2.24) is 0 Å². The van der Waals surface area contributed by atoms with Gasteiger partial charge in [0.25, 0.3) is 0 Å². The third-order valence-electron chi connectivity index (χ3n) is 5.98. The number of allylic oxidation sites excluding steroid dienone is 2. The lowest BCUT2D eigenvalue weighted by molar-refractivity contribution is -0.313. The van der Waals surface area contributed by atoms with Crippen molar-refractivity contribution in [3.05, 3.63) is 42.0 Å². The maximum atomic E-state index is 12.8. The summed E-state index contributed by atoms with van der Waals surface area (Å²) < 4.78 is 0. The van der Waals surface area contributed by atoms with Crippen LogP contribution in [0.4, 0.5) is 5.69 Å². The normalized spacial score (nSPS) is 31.2. The van der Waals surface area contributed by atoms with Crippen LogP contribution < -0.4 is 10.4 Å². The zero-order valence-corrected chi connectivity index (χ0v) is 13.3. The van der Waals surface area contributed by atoms with E-state index in [0.717, 1.165) is 12.8 Å². The van der Waals surface area contributed by atoms with Crippen molar-refractivity contribution in [2.24, 2.45) is 29.1 Å². The number of hydrogen-bond acceptors (Lipinski definition) is 4. The zero-order chi connectivity index (χ0) is 17.1. The highest BCUT2D eigenvalue weighted by Crippen LogP contribution is 2.71. The van der Waals surface area contributed by atoms with Crippen LogP contribution in [-0.2, 0) is 9.59 Å². The van der Waals surface area contributed by atoms with Gasteiger partial charge in [-0.2, -0.15) is 0 Å². The van der Waals surface area contributed by atoms with E-state index >= 15 is 0 Å². The minimum atomic E-state index is -1.13. The Balaban J connectivity index is 1.56. The first-order valence-electron chi connectivity index (χ1n) is 8.25. The molecule has 5 nitrogen and oxygen atoms in total. The van der Waals surface area contributed by atoms with Gasteiger partial charge in [0, 0.05) is 23.1 Å². The van der Waals surface area contributed by atoms with Gasteiger partial charge in [-0.25, -0.2) is 0 Å². The van der Waals surface area contributed by atoms with Gasteiger partial charge in [-0.15, -0.1) is 0 Å². The zero-order valence-electron chi connectivity index (χ0n) is 13.3. The first-order valence-corrected chi connectivity index (χ1v) is 8.25. The van der Waals surface area contributed by atoms with Crippen LogP contribution >= 0.6 is 0 Å². The van der Waals surface area contributed by atoms with Crippen molar-refractivity contribution >= 4 is 23.3 Å². The molecule has 2 bridgehead atoms. The number of carboxylic acid groups (broad SMARTS) is 1. The Morgan fingerprint density at radius 3 is 2.12 bits per heavy atom. The van der Waals surface area contributed by atoms with Crippen LogP contribution in [0.5, 0.6) is 0 Å². The predicted molar refractivity (Wildman–Crippen MR) is 84.9 cm³/mol. The van der Waals surface area contributed by atoms with E-state index in [2.05, 4.69) is 5.32 Å². The van der Waals surface area contributed by atoms with Gasteiger partial charge in [0.1, 0.15) is 0 Å². The van der Waals surface area contributed by atoms with Crippen LogP contribution in [0.25, 0.3) is 0 Å². The fourth-order valence-corrected chi connectivity index (χ4v) is 4.69. The number of ketones is 1. The summed E-state index contributed by atoms with van der Waals surface area (Å²) >= 11 is 0. The third kappa shape index (κ3) is 2.04. The summed E-state index contributed by atoms with van der Waals surface area (Å²) in [7, 11) is 0. The summed E-state index contributed by atoms with van der Waals surface area (Å²) in [6.45, 7) is 1.48. The number of nitrogens with one attached hydrogen (secondary N) is 1. The SMILES string of the molecule is CC(=O)c1ccc(NC(=O)[C@@H]2[C@@H](C(=O)[O-])[C@@H]3C=C[C@H]2C32CC2)cc1. The number of rotatable bonds is 4. The molecule has 2 saturated carbocycles. The van der Waals surface area contributed by atoms with Gasteiger partial charge in [0.05, 0.1) is 5.92 Å². The molecule has 1 amide bonds. The molecule has 0 radical (unpaired) electrons. The molecule has 2 fully saturated rings. The highest BCUT2D eigenvalue weighted by atomic mass is 16.4. The monoisotopic (exact) mass is 324 g/mol. The van der Waals surface area contributed by atoms with Gasteiger partial charge in [-0.05, 0) is 61.3 Å². The smallest absolute Gasteiger partial charge is 0.228 e. The maximum absolute atomic E-state index is 12.8. The highest BCUT2D eigenvalue weighted by molar-refractivity contribution is 5.98. The molecule has 1 N–H and O–H groups in total. The van der Waals surface area contributed by atoms with Crippen molar-refractivity contribution < 1.29 is 19.5 Å². The Morgan fingerprint density at radius 2 is 1.62 bits per heavy atom. The number of carbonyl (C=O) groups is 3. The Hall–Kier alpha value is -2.43. The standard InChI is InChI=1S/C19H19NO4/c1-10(21)11-2-4-12(5-3-11)20-17(22)15-13-6-7-14(16(15)18(23)24)19(13)8-9-19/h2-7,13-16H,8-9H2,1H3,(H,20,22)(H,23,24)/p-1/t13-,14+,15+,16+/m1/s1. The van der Waals surface area contributed by atoms with Crippen LogP contribution in [0.15, 0.2) is 36.4 Å². The van der Waals surface area contributed by atoms with Crippen molar-refractivity contribution in [1.29, 1.82) is 0 Å². The van der Waals surface area contributed by atoms with Crippen LogP contribution in [0.2, 0.25) is 0 Å². The largest absolute Gasteiger partial charge is 0.550 e. The second kappa shape index (κ2) is 5.03. The number of Topliss-reactive ketones (excluding diaryl/α,β-unsaturated/α-hetero) is 1. The second-order valence-corrected chi connectivity index (χ2v) is 7.16. The molecule has 1 aromatic carbocycles. The van der Waals surface area contributed by atoms with E-state index in [4.69, 9.17) is 0 Å². The molecule has 0 aromatic heterocycles. The topological polar surface area (TPSA) is 86.3 Å². The fourth-order valence-electron chi connectivity index (χ4n) is 4.69. The Bertz CT molecular complexity index is 760. The second-order valence-electron chi connectivity index (χ2n) is 7.16. The first kappa shape index (κ1) is 15.1. The number of carboxylic acids is 1. The number of hydrogen-bond donors (Lipinski definition) is 1. The van der Waals surface area contributed by atoms with E-state index in [0.29, 0.717) is 11.3 Å². The Kier molecular flexibility index (Phi) is 3.17. The molecule has 5 heteroatoms. The van der Waals surface area contributed by atoms with E-state index in [-0.39, 0.29) is 28.9 Å². The molecule has 4 rings (SSSR count). The summed E-state index contributed by atoms with van der Waals surface area (Å²) in [5.74, 6) is -2.88. The maximum Gasteiger partial charge on any atom is 0.228 e. The molecular formula is C19H18NO4-. The first-order chi connectivity index (χ1) is 11.4. The van der Waals surface area contributed by atoms with E-state index in [1.54, 1.807) is 24.3 Å². The van der Waals surface area contributed by atoms with Crippen molar-refractivity contribution in [2.75, 3.05) is 5.32 Å². The van der Waals surface area contributed by atoms with Crippen molar-refractivity contribution in [3.63, 3.8) is 0 Å². The van der Waals surface area contributed by atoms with Crippen molar-refractivity contribution in [3.8, 4) is 0 Å². The fraction of sp³-hybridized carbons (Fsp3) is 0.421. The highest BCUT2D eigenvalue weighted by Gasteiger charge is 2.68. The summed E-state index contributed by atoms with van der Waals surface area (Å²) in [5.41, 5.74) is 1.12. The van der Waals surface area contributed by atoms with Gasteiger partial charge in [-0.1, -0.05) is 12.2 Å². The minimum Gasteiger partial charge on any atom is -0.550 e. The van der Waals surface area contributed by atoms with Crippen molar-refractivity contribution in [2.45, 2.75) is 19.8 Å². The van der Waals surface area contributed by atoms with Crippen LogP contribution in [0.3, 0.4) is 0 Å². The lowest BCUT2D eigenvalue weighted by atomic mass is 9.82. The number of anilines is 1. The van der Waals surface area contributed by atoms with Gasteiger partial charge in [-0.3, -0.25) is 9.59 Å². The third-order valence-corrected chi connectivity index (χ3v) is 5.98. The lowest BCUT2D eigenvalue weighted by Crippen LogP contribution is -2.42. The van der Waals surface area contributed by atoms with Gasteiger partial charge >= 0.3 is 0 Å². The lowest BCUT2D eigenvalue weighted by Gasteiger charge is -2.27. The molecule has 4 atom stereocenters. The number of amides is 1. The number of benzene rings is 1. The molecule has 0 unspecified atom stereocenters. The summed E-state index contributed by atoms with van der Waals surface area (Å²) in [5, 5.41) is 14.4. The number of carbonyl (C=O) groups excluding carboxylic acids is 3. The molecule has 1 spiro atoms. The van der Waals surface area contributed by atoms with Gasteiger partial charge in [0.2, 0.25) is 5.91 Å². The van der Waals surface area contributed by atoms with Crippen LogP contribution in [0, 0.1) is 29.1 Å². The molecule has 24 heavy (non-hydrogen) atoms. The van der Waals surface area contributed by atoms with E-state index < -0.39 is 17.8 Å². The van der Waals surface area contributed by atoms with E-state index in [1.165, 1.54) is 6.92 Å². The minimum absolute atomic E-state index is 0.0121. The van der Waals surface area contributed by atoms with Crippen LogP contribution in [-0.4, -0.2) is 17.7 Å². The van der Waals surface area contributed by atoms with Crippen LogP contribution in [0.1, 0.15) is 30.1 Å². The molecule has 0 saturated heterocycles. The molecule has 0 heterocycles. The Labute approximate surface area is 139 Å². The molecule has 3 aliphatic carbocycles. The summed E-state index contributed by atoms with van der Waals surface area (Å²) in [6.07, 6.45) is 5.94. The summed E-state index contributed by atoms with van der Waals surface area (Å²) in [4.78, 5) is 35.7. The molecular weight excluding hydrogens is 306 g/mol. The van der Waals surface area contributed by atoms with E-state index in [1.807, 2.05) is 12.2 Å². The van der Waals surface area contributed by atoms with Gasteiger partial charge in [0.15, 0.2) is 5.78 Å². The number of aliphatic carboxylic acids is 1. The summed E-state index contributed by atoms with van der Waals surface area (Å²) in [6, 6.07) is 6.63. The van der Waals surface area contributed by atoms with Gasteiger partial charge < -0.3 is 15.2 Å². The predicted octanol–water partition coefficient (Wildman–Crippen LogP) is 1.41. The molecule has 0 aliphatic heterocycles. The van der Waals surface area contributed by atoms with E-state index in [9.17, 15) is 19.5 Å². The average molecular weight is 324 g/mol.